The van der Waals surface area contributed by atoms with Gasteiger partial charge in [-0.15, -0.1) is 0 Å². The van der Waals surface area contributed by atoms with Gasteiger partial charge in [0.15, 0.2) is 25.0 Å². The average molecular weight is 564 g/mol. The zero-order valence-corrected chi connectivity index (χ0v) is 23.0. The lowest BCUT2D eigenvalue weighted by Crippen LogP contribution is -3.00. The first-order valence-electron chi connectivity index (χ1n) is 12.4. The van der Waals surface area contributed by atoms with Gasteiger partial charge in [-0.25, -0.2) is 4.57 Å². The Bertz CT molecular complexity index is 515. The monoisotopic (exact) mass is 563 g/mol. The second-order valence-electron chi connectivity index (χ2n) is 8.47. The number of pyridine rings is 1. The molecule has 3 nitrogen and oxygen atoms in total. The summed E-state index contributed by atoms with van der Waals surface area (Å²) in [5.74, 6) is 1.85. The smallest absolute Gasteiger partial charge is 0.303 e. The minimum absolute atomic E-state index is 0. The fourth-order valence-electron chi connectivity index (χ4n) is 3.76. The Morgan fingerprint density at radius 2 is 1.29 bits per heavy atom. The van der Waals surface area contributed by atoms with Gasteiger partial charge in [-0.2, -0.15) is 11.8 Å². The van der Waals surface area contributed by atoms with Gasteiger partial charge in [0.25, 0.3) is 0 Å². The molecule has 1 aromatic heterocycles. The maximum absolute atomic E-state index is 11.4. The molecule has 0 aliphatic carbocycles. The number of hydrogen-bond acceptors (Lipinski definition) is 3. The van der Waals surface area contributed by atoms with Gasteiger partial charge in [0.2, 0.25) is 0 Å². The van der Waals surface area contributed by atoms with Crippen LogP contribution in [-0.4, -0.2) is 23.6 Å². The van der Waals surface area contributed by atoms with Crippen molar-refractivity contribution in [1.82, 2.24) is 0 Å². The van der Waals surface area contributed by atoms with Crippen molar-refractivity contribution in [2.24, 2.45) is 0 Å². The molecule has 0 aliphatic heterocycles. The molecule has 1 rings (SSSR count). The van der Waals surface area contributed by atoms with Gasteiger partial charge in [-0.3, -0.25) is 4.79 Å². The summed E-state index contributed by atoms with van der Waals surface area (Å²) < 4.78 is 7.58. The maximum atomic E-state index is 11.4. The summed E-state index contributed by atoms with van der Waals surface area (Å²) in [5.41, 5.74) is 0. The van der Waals surface area contributed by atoms with E-state index in [2.05, 4.69) is 11.5 Å². The molecule has 31 heavy (non-hydrogen) atoms. The number of thioether (sulfide) groups is 1. The average Bonchev–Trinajstić information content (AvgIpc) is 2.73. The summed E-state index contributed by atoms with van der Waals surface area (Å²) in [7, 11) is 0. The summed E-state index contributed by atoms with van der Waals surface area (Å²) in [6.07, 6.45) is 23.6. The number of esters is 1. The van der Waals surface area contributed by atoms with Crippen LogP contribution >= 0.6 is 11.8 Å². The van der Waals surface area contributed by atoms with Crippen molar-refractivity contribution in [3.63, 3.8) is 0 Å². The van der Waals surface area contributed by atoms with Gasteiger partial charge in [0.05, 0.1) is 0 Å². The fraction of sp³-hybridized carbons (Fsp3) is 0.769. The van der Waals surface area contributed by atoms with Crippen LogP contribution in [0.2, 0.25) is 0 Å². The number of carbonyl (C=O) groups excluding carboxylic acids is 1. The van der Waals surface area contributed by atoms with Crippen molar-refractivity contribution in [3.05, 3.63) is 30.6 Å². The Balaban J connectivity index is 0.00000900. The summed E-state index contributed by atoms with van der Waals surface area (Å²) in [6, 6.07) is 6.01. The topological polar surface area (TPSA) is 30.2 Å². The zero-order chi connectivity index (χ0) is 21.7. The van der Waals surface area contributed by atoms with E-state index in [0.29, 0.717) is 0 Å². The highest BCUT2D eigenvalue weighted by Gasteiger charge is 2.17. The first-order valence-corrected chi connectivity index (χ1v) is 13.6. The molecule has 0 radical (unpaired) electrons. The molecule has 0 N–H and O–H groups in total. The van der Waals surface area contributed by atoms with E-state index in [1.165, 1.54) is 96.8 Å². The molecule has 0 saturated heterocycles. The van der Waals surface area contributed by atoms with Crippen LogP contribution in [0.4, 0.5) is 0 Å². The molecular weight excluding hydrogens is 517 g/mol. The van der Waals surface area contributed by atoms with E-state index in [-0.39, 0.29) is 36.0 Å². The Morgan fingerprint density at radius 1 is 0.806 bits per heavy atom. The van der Waals surface area contributed by atoms with E-state index in [9.17, 15) is 4.79 Å². The molecule has 0 spiro atoms. The Labute approximate surface area is 213 Å². The van der Waals surface area contributed by atoms with Crippen LogP contribution in [0.15, 0.2) is 30.6 Å². The molecule has 1 aromatic rings. The van der Waals surface area contributed by atoms with Gasteiger partial charge < -0.3 is 28.7 Å². The second kappa shape index (κ2) is 22.9. The van der Waals surface area contributed by atoms with Crippen LogP contribution in [0.5, 0.6) is 0 Å². The normalized spacial score (nSPS) is 11.7. The number of nitrogens with zero attached hydrogens (tertiary/aromatic N) is 1. The van der Waals surface area contributed by atoms with Crippen molar-refractivity contribution >= 4 is 17.7 Å². The number of carbonyl (C=O) groups is 1. The van der Waals surface area contributed by atoms with Crippen molar-refractivity contribution in [2.75, 3.05) is 11.5 Å². The largest absolute Gasteiger partial charge is 1.00 e. The minimum atomic E-state index is -0.186. The molecule has 5 heteroatoms. The third kappa shape index (κ3) is 20.1. The van der Waals surface area contributed by atoms with Crippen LogP contribution in [0.3, 0.4) is 0 Å². The second-order valence-corrected chi connectivity index (χ2v) is 9.62. The predicted molar refractivity (Wildman–Crippen MR) is 130 cm³/mol. The molecule has 0 fully saturated rings. The predicted octanol–water partition coefficient (Wildman–Crippen LogP) is 4.12. The number of ether oxygens (including phenoxy) is 1. The van der Waals surface area contributed by atoms with Crippen molar-refractivity contribution in [1.29, 1.82) is 0 Å². The van der Waals surface area contributed by atoms with Crippen LogP contribution < -0.4 is 28.5 Å². The lowest BCUT2D eigenvalue weighted by atomic mass is 10.0. The van der Waals surface area contributed by atoms with Crippen molar-refractivity contribution < 1.29 is 38.1 Å². The number of hydrogen-bond donors (Lipinski definition) is 0. The summed E-state index contributed by atoms with van der Waals surface area (Å²) in [6.45, 7) is 4.51. The highest BCUT2D eigenvalue weighted by Crippen LogP contribution is 2.15. The van der Waals surface area contributed by atoms with E-state index in [0.717, 1.165) is 18.1 Å². The lowest BCUT2D eigenvalue weighted by molar-refractivity contribution is -0.702. The van der Waals surface area contributed by atoms with Crippen LogP contribution in [0.25, 0.3) is 0 Å². The minimum Gasteiger partial charge on any atom is -1.00 e. The zero-order valence-electron chi connectivity index (χ0n) is 20.0. The number of rotatable bonds is 20. The van der Waals surface area contributed by atoms with Gasteiger partial charge >= 0.3 is 5.97 Å². The molecule has 180 valence electrons. The van der Waals surface area contributed by atoms with Crippen LogP contribution in [-0.2, 0) is 16.1 Å². The van der Waals surface area contributed by atoms with Gasteiger partial charge in [0, 0.05) is 24.8 Å². The molecule has 0 aliphatic rings. The van der Waals surface area contributed by atoms with Crippen LogP contribution in [0.1, 0.15) is 104 Å². The number of unbranched alkanes of at least 4 members (excludes halogenated alkanes) is 13. The fourth-order valence-corrected chi connectivity index (χ4v) is 4.77. The standard InChI is InChI=1S/C26H46NO2S.HI/c1-3-4-5-6-7-8-9-10-11-12-13-14-15-19-22-30-24-26(29-25(2)28)23-27-20-17-16-18-21-27;/h16-18,20-21,26H,3-15,19,22-24H2,1-2H3;1H/q+1;/p-1. The Morgan fingerprint density at radius 3 is 1.77 bits per heavy atom. The molecule has 0 aromatic carbocycles. The van der Waals surface area contributed by atoms with E-state index in [1.54, 1.807) is 0 Å². The highest BCUT2D eigenvalue weighted by atomic mass is 127. The van der Waals surface area contributed by atoms with Crippen molar-refractivity contribution in [2.45, 2.75) is 116 Å². The summed E-state index contributed by atoms with van der Waals surface area (Å²) in [4.78, 5) is 11.4. The third-order valence-corrected chi connectivity index (χ3v) is 6.66. The molecule has 0 amide bonds. The van der Waals surface area contributed by atoms with Crippen LogP contribution in [0, 0.1) is 0 Å². The Hall–Kier alpha value is -0.300. The molecule has 1 atom stereocenters. The van der Waals surface area contributed by atoms with E-state index in [4.69, 9.17) is 4.74 Å². The summed E-state index contributed by atoms with van der Waals surface area (Å²) >= 11 is 1.92. The van der Waals surface area contributed by atoms with Gasteiger partial charge in [0.1, 0.15) is 0 Å². The summed E-state index contributed by atoms with van der Waals surface area (Å²) in [5, 5.41) is 0. The van der Waals surface area contributed by atoms with E-state index in [1.807, 2.05) is 42.4 Å². The number of aromatic nitrogens is 1. The molecule has 0 bridgehead atoms. The molecule has 1 heterocycles. The van der Waals surface area contributed by atoms with E-state index < -0.39 is 0 Å². The molecule has 0 saturated carbocycles. The lowest BCUT2D eigenvalue weighted by Gasteiger charge is -2.13. The quantitative estimate of drug-likeness (QED) is 0.104. The van der Waals surface area contributed by atoms with E-state index >= 15 is 0 Å². The maximum Gasteiger partial charge on any atom is 0.303 e. The third-order valence-electron chi connectivity index (χ3n) is 5.47. The molecular formula is C26H46INO2S. The molecule has 1 unspecified atom stereocenters. The highest BCUT2D eigenvalue weighted by molar-refractivity contribution is 7.99. The first-order chi connectivity index (χ1) is 14.7. The number of halogens is 1. The first kappa shape index (κ1) is 30.7. The van der Waals surface area contributed by atoms with Gasteiger partial charge in [-0.1, -0.05) is 96.5 Å². The SMILES string of the molecule is CCCCCCCCCCCCCCCCSCC(C[n+]1ccccc1)OC(C)=O.[I-]. The van der Waals surface area contributed by atoms with Gasteiger partial charge in [-0.05, 0) is 12.2 Å². The Kier molecular flexibility index (Phi) is 22.7. The van der Waals surface area contributed by atoms with Crippen molar-refractivity contribution in [3.8, 4) is 0 Å².